The number of carbonyl (C=O) groups is 2. The van der Waals surface area contributed by atoms with Crippen molar-refractivity contribution in [2.75, 3.05) is 0 Å². The number of rotatable bonds is 5. The molecule has 0 atom stereocenters. The summed E-state index contributed by atoms with van der Waals surface area (Å²) in [6, 6.07) is 22.1. The highest BCUT2D eigenvalue weighted by atomic mass is 79.9. The molecule has 2 heterocycles. The summed E-state index contributed by atoms with van der Waals surface area (Å²) in [7, 11) is 0. The maximum absolute atomic E-state index is 14.4. The van der Waals surface area contributed by atoms with Crippen LogP contribution >= 0.6 is 27.7 Å². The van der Waals surface area contributed by atoms with Gasteiger partial charge in [0.05, 0.1) is 18.0 Å². The van der Waals surface area contributed by atoms with Crippen LogP contribution in [0.5, 0.6) is 0 Å². The van der Waals surface area contributed by atoms with Crippen LogP contribution in [0.1, 0.15) is 22.4 Å². The van der Waals surface area contributed by atoms with Crippen molar-refractivity contribution in [2.45, 2.75) is 20.0 Å². The van der Waals surface area contributed by atoms with Gasteiger partial charge in [0, 0.05) is 32.2 Å². The number of benzene rings is 3. The maximum Gasteiger partial charge on any atom is 0.293 e. The smallest absolute Gasteiger partial charge is 0.293 e. The second kappa shape index (κ2) is 9.24. The molecule has 0 radical (unpaired) electrons. The van der Waals surface area contributed by atoms with E-state index in [1.165, 1.54) is 11.0 Å². The van der Waals surface area contributed by atoms with E-state index in [1.54, 1.807) is 18.2 Å². The summed E-state index contributed by atoms with van der Waals surface area (Å²) in [6.07, 6.45) is 1.79. The van der Waals surface area contributed by atoms with Gasteiger partial charge in [0.25, 0.3) is 11.1 Å². The third kappa shape index (κ3) is 4.21. The van der Waals surface area contributed by atoms with E-state index in [1.807, 2.05) is 66.1 Å². The van der Waals surface area contributed by atoms with E-state index in [-0.39, 0.29) is 23.5 Å². The molecule has 0 bridgehead atoms. The van der Waals surface area contributed by atoms with Gasteiger partial charge >= 0.3 is 0 Å². The minimum atomic E-state index is -0.303. The molecule has 3 aromatic carbocycles. The van der Waals surface area contributed by atoms with Crippen LogP contribution in [0.15, 0.2) is 82.2 Å². The zero-order chi connectivity index (χ0) is 23.8. The van der Waals surface area contributed by atoms with Gasteiger partial charge < -0.3 is 4.57 Å². The van der Waals surface area contributed by atoms with Crippen molar-refractivity contribution in [1.82, 2.24) is 9.47 Å². The zero-order valence-corrected chi connectivity index (χ0v) is 20.7. The maximum atomic E-state index is 14.4. The van der Waals surface area contributed by atoms with Gasteiger partial charge in [-0.15, -0.1) is 0 Å². The number of nitrogens with zero attached hydrogens (tertiary/aromatic N) is 2. The molecule has 1 saturated heterocycles. The van der Waals surface area contributed by atoms with Crippen molar-refractivity contribution in [3.63, 3.8) is 0 Å². The molecule has 2 amide bonds. The molecule has 1 aliphatic heterocycles. The minimum Gasteiger partial charge on any atom is -0.340 e. The third-order valence-corrected chi connectivity index (χ3v) is 7.41. The summed E-state index contributed by atoms with van der Waals surface area (Å²) in [4.78, 5) is 27.5. The topological polar surface area (TPSA) is 42.3 Å². The first-order valence-corrected chi connectivity index (χ1v) is 12.3. The molecule has 7 heteroatoms. The Morgan fingerprint density at radius 3 is 2.41 bits per heavy atom. The number of halogens is 2. The minimum absolute atomic E-state index is 0.226. The average molecular weight is 535 g/mol. The number of amides is 2. The molecule has 34 heavy (non-hydrogen) atoms. The number of hydrogen-bond donors (Lipinski definition) is 0. The number of fused-ring (bicyclic) bond motifs is 1. The second-order valence-electron chi connectivity index (χ2n) is 8.09. The van der Waals surface area contributed by atoms with Crippen LogP contribution in [-0.2, 0) is 17.9 Å². The van der Waals surface area contributed by atoms with Crippen LogP contribution in [-0.4, -0.2) is 20.6 Å². The van der Waals surface area contributed by atoms with E-state index >= 15 is 0 Å². The van der Waals surface area contributed by atoms with Gasteiger partial charge in [-0.1, -0.05) is 64.5 Å². The monoisotopic (exact) mass is 534 g/mol. The van der Waals surface area contributed by atoms with Crippen molar-refractivity contribution in [2.24, 2.45) is 0 Å². The fourth-order valence-corrected chi connectivity index (χ4v) is 5.26. The molecule has 170 valence electrons. The summed E-state index contributed by atoms with van der Waals surface area (Å²) in [5.41, 5.74) is 4.19. The van der Waals surface area contributed by atoms with Crippen molar-refractivity contribution in [3.05, 3.63) is 110 Å². The molecule has 4 nitrogen and oxygen atoms in total. The first-order valence-electron chi connectivity index (χ1n) is 10.7. The lowest BCUT2D eigenvalue weighted by Gasteiger charge is -2.12. The Hall–Kier alpha value is -3.16. The van der Waals surface area contributed by atoms with Crippen molar-refractivity contribution >= 4 is 55.8 Å². The average Bonchev–Trinajstić information content (AvgIpc) is 3.25. The van der Waals surface area contributed by atoms with Crippen LogP contribution in [0.4, 0.5) is 9.18 Å². The Morgan fingerprint density at radius 2 is 1.65 bits per heavy atom. The van der Waals surface area contributed by atoms with E-state index in [0.29, 0.717) is 17.0 Å². The highest BCUT2D eigenvalue weighted by molar-refractivity contribution is 9.10. The van der Waals surface area contributed by atoms with Crippen molar-refractivity contribution < 1.29 is 14.0 Å². The quantitative estimate of drug-likeness (QED) is 0.255. The molecule has 1 fully saturated rings. The Kier molecular flexibility index (Phi) is 6.15. The lowest BCUT2D eigenvalue weighted by Crippen LogP contribution is -2.27. The lowest BCUT2D eigenvalue weighted by molar-refractivity contribution is -0.123. The molecule has 0 saturated carbocycles. The highest BCUT2D eigenvalue weighted by Gasteiger charge is 2.35. The molecule has 1 aromatic heterocycles. The van der Waals surface area contributed by atoms with E-state index in [0.717, 1.165) is 44.0 Å². The van der Waals surface area contributed by atoms with E-state index in [2.05, 4.69) is 15.9 Å². The fourth-order valence-electron chi connectivity index (χ4n) is 4.18. The molecule has 5 rings (SSSR count). The van der Waals surface area contributed by atoms with Crippen LogP contribution in [0.2, 0.25) is 0 Å². The summed E-state index contributed by atoms with van der Waals surface area (Å²) < 4.78 is 17.3. The van der Waals surface area contributed by atoms with E-state index < -0.39 is 0 Å². The van der Waals surface area contributed by atoms with E-state index in [9.17, 15) is 14.0 Å². The van der Waals surface area contributed by atoms with Crippen LogP contribution in [0.3, 0.4) is 0 Å². The predicted molar refractivity (Wildman–Crippen MR) is 138 cm³/mol. The van der Waals surface area contributed by atoms with Crippen LogP contribution < -0.4 is 0 Å². The molecule has 0 spiro atoms. The molecular weight excluding hydrogens is 515 g/mol. The van der Waals surface area contributed by atoms with Crippen molar-refractivity contribution in [1.29, 1.82) is 0 Å². The Bertz CT molecular complexity index is 1460. The van der Waals surface area contributed by atoms with E-state index in [4.69, 9.17) is 0 Å². The number of aromatic nitrogens is 1. The lowest BCUT2D eigenvalue weighted by atomic mass is 10.1. The molecule has 0 unspecified atom stereocenters. The number of hydrogen-bond acceptors (Lipinski definition) is 3. The van der Waals surface area contributed by atoms with Gasteiger partial charge in [0.15, 0.2) is 0 Å². The first-order chi connectivity index (χ1) is 16.4. The third-order valence-electron chi connectivity index (χ3n) is 5.97. The normalized spacial score (nSPS) is 15.1. The largest absolute Gasteiger partial charge is 0.340 e. The standard InChI is InChI=1S/C27H20BrFN2O2S/c1-17-22(14-25-26(32)31(27(33)34-25)15-18-10-12-20(28)13-11-18)21-7-3-5-9-24(21)30(17)16-19-6-2-4-8-23(19)29/h2-14H,15-16H2,1H3/b25-14-. The van der Waals surface area contributed by atoms with Gasteiger partial charge in [-0.25, -0.2) is 4.39 Å². The molecule has 4 aromatic rings. The van der Waals surface area contributed by atoms with Gasteiger partial charge in [-0.05, 0) is 54.6 Å². The van der Waals surface area contributed by atoms with Gasteiger partial charge in [-0.2, -0.15) is 0 Å². The Morgan fingerprint density at radius 1 is 0.941 bits per heavy atom. The fraction of sp³-hybridized carbons (Fsp3) is 0.111. The first kappa shape index (κ1) is 22.6. The molecule has 0 aliphatic carbocycles. The molecule has 1 aliphatic rings. The number of thioether (sulfide) groups is 1. The van der Waals surface area contributed by atoms with Gasteiger partial charge in [0.2, 0.25) is 0 Å². The van der Waals surface area contributed by atoms with Gasteiger partial charge in [0.1, 0.15) is 5.82 Å². The van der Waals surface area contributed by atoms with Gasteiger partial charge in [-0.3, -0.25) is 14.5 Å². The summed E-state index contributed by atoms with van der Waals surface area (Å²) in [6.45, 7) is 2.56. The number of carbonyl (C=O) groups excluding carboxylic acids is 2. The summed E-state index contributed by atoms with van der Waals surface area (Å²) in [5, 5.41) is 0.669. The Labute approximate surface area is 209 Å². The summed E-state index contributed by atoms with van der Waals surface area (Å²) >= 11 is 4.35. The molecule has 0 N–H and O–H groups in total. The second-order valence-corrected chi connectivity index (χ2v) is 10.00. The summed E-state index contributed by atoms with van der Waals surface area (Å²) in [5.74, 6) is -0.557. The van der Waals surface area contributed by atoms with Crippen LogP contribution in [0.25, 0.3) is 17.0 Å². The van der Waals surface area contributed by atoms with Crippen LogP contribution in [0, 0.1) is 12.7 Å². The Balaban J connectivity index is 1.51. The molecular formula is C27H20BrFN2O2S. The number of imide groups is 1. The van der Waals surface area contributed by atoms with Crippen molar-refractivity contribution in [3.8, 4) is 0 Å². The highest BCUT2D eigenvalue weighted by Crippen LogP contribution is 2.36. The predicted octanol–water partition coefficient (Wildman–Crippen LogP) is 7.14. The number of para-hydroxylation sites is 1. The SMILES string of the molecule is Cc1c(/C=C2\SC(=O)N(Cc3ccc(Br)cc3)C2=O)c2ccccc2n1Cc1ccccc1F. The zero-order valence-electron chi connectivity index (χ0n) is 18.3.